The van der Waals surface area contributed by atoms with Gasteiger partial charge in [0.05, 0.1) is 26.5 Å². The molecule has 0 unspecified atom stereocenters. The first-order valence-electron chi connectivity index (χ1n) is 8.64. The van der Waals surface area contributed by atoms with Gasteiger partial charge >= 0.3 is 0 Å². The zero-order chi connectivity index (χ0) is 17.9. The van der Waals surface area contributed by atoms with Crippen molar-refractivity contribution in [2.24, 2.45) is 0 Å². The van der Waals surface area contributed by atoms with Crippen LogP contribution in [0, 0.1) is 0 Å². The summed E-state index contributed by atoms with van der Waals surface area (Å²) in [6.45, 7) is 1.52. The fraction of sp³-hybridized carbons (Fsp3) is 0.238. The second-order valence-electron chi connectivity index (χ2n) is 6.14. The highest BCUT2D eigenvalue weighted by Crippen LogP contribution is 2.37. The highest BCUT2D eigenvalue weighted by atomic mass is 16.5. The molecule has 5 nitrogen and oxygen atoms in total. The van der Waals surface area contributed by atoms with Gasteiger partial charge < -0.3 is 23.7 Å². The van der Waals surface area contributed by atoms with Crippen molar-refractivity contribution in [2.75, 3.05) is 32.3 Å². The van der Waals surface area contributed by atoms with Gasteiger partial charge in [-0.25, -0.2) is 0 Å². The lowest BCUT2D eigenvalue weighted by atomic mass is 10.2. The number of hydrogen-bond acceptors (Lipinski definition) is 4. The second-order valence-corrected chi connectivity index (χ2v) is 6.14. The molecule has 3 aromatic rings. The van der Waals surface area contributed by atoms with Crippen LogP contribution in [0.15, 0.2) is 67.0 Å². The molecular formula is C21H22N2O3. The quantitative estimate of drug-likeness (QED) is 0.696. The third kappa shape index (κ3) is 3.02. The van der Waals surface area contributed by atoms with E-state index in [2.05, 4.69) is 34.0 Å². The zero-order valence-electron chi connectivity index (χ0n) is 15.0. The van der Waals surface area contributed by atoms with E-state index in [1.807, 2.05) is 42.5 Å². The summed E-state index contributed by atoms with van der Waals surface area (Å²) in [6.07, 6.45) is 4.05. The SMILES string of the molecule is COc1ccc(-n2ccc([C@H]3OCCN3c3ccccc3OC)c2)cc1. The normalized spacial score (nSPS) is 16.7. The summed E-state index contributed by atoms with van der Waals surface area (Å²) in [5.41, 5.74) is 3.25. The third-order valence-electron chi connectivity index (χ3n) is 4.66. The Hall–Kier alpha value is -2.92. The Balaban J connectivity index is 1.61. The van der Waals surface area contributed by atoms with E-state index in [0.29, 0.717) is 6.61 Å². The lowest BCUT2D eigenvalue weighted by molar-refractivity contribution is 0.113. The molecule has 1 fully saturated rings. The number of ether oxygens (including phenoxy) is 3. The minimum absolute atomic E-state index is 0.120. The smallest absolute Gasteiger partial charge is 0.158 e. The summed E-state index contributed by atoms with van der Waals surface area (Å²) in [5, 5.41) is 0. The molecular weight excluding hydrogens is 328 g/mol. The van der Waals surface area contributed by atoms with Crippen LogP contribution in [0.5, 0.6) is 11.5 Å². The van der Waals surface area contributed by atoms with Crippen LogP contribution < -0.4 is 14.4 Å². The molecule has 0 spiro atoms. The topological polar surface area (TPSA) is 35.9 Å². The van der Waals surface area contributed by atoms with Crippen LogP contribution in [-0.2, 0) is 4.74 Å². The molecule has 26 heavy (non-hydrogen) atoms. The molecule has 5 heteroatoms. The van der Waals surface area contributed by atoms with Crippen molar-refractivity contribution in [1.29, 1.82) is 0 Å². The molecule has 0 amide bonds. The van der Waals surface area contributed by atoms with Crippen molar-refractivity contribution < 1.29 is 14.2 Å². The molecule has 0 saturated carbocycles. The van der Waals surface area contributed by atoms with Crippen molar-refractivity contribution in [3.63, 3.8) is 0 Å². The van der Waals surface area contributed by atoms with E-state index in [9.17, 15) is 0 Å². The van der Waals surface area contributed by atoms with Gasteiger partial charge in [0.2, 0.25) is 0 Å². The summed E-state index contributed by atoms with van der Waals surface area (Å²) in [5.74, 6) is 1.71. The van der Waals surface area contributed by atoms with E-state index in [1.54, 1.807) is 14.2 Å². The first kappa shape index (κ1) is 16.5. The monoisotopic (exact) mass is 350 g/mol. The van der Waals surface area contributed by atoms with Crippen molar-refractivity contribution in [3.8, 4) is 17.2 Å². The fourth-order valence-electron chi connectivity index (χ4n) is 3.33. The standard InChI is InChI=1S/C21H22N2O3/c1-24-18-9-7-17(8-10-18)22-12-11-16(15-22)21-23(13-14-26-21)19-5-3-4-6-20(19)25-2/h3-12,15,21H,13-14H2,1-2H3/t21-/m1/s1. The van der Waals surface area contributed by atoms with Crippen LogP contribution in [0.1, 0.15) is 11.8 Å². The van der Waals surface area contributed by atoms with E-state index >= 15 is 0 Å². The lowest BCUT2D eigenvalue weighted by Crippen LogP contribution is -2.23. The third-order valence-corrected chi connectivity index (χ3v) is 4.66. The molecule has 2 aromatic carbocycles. The van der Waals surface area contributed by atoms with Crippen molar-refractivity contribution >= 4 is 5.69 Å². The Morgan fingerprint density at radius 2 is 1.77 bits per heavy atom. The Morgan fingerprint density at radius 3 is 2.54 bits per heavy atom. The number of hydrogen-bond donors (Lipinski definition) is 0. The lowest BCUT2D eigenvalue weighted by Gasteiger charge is -2.26. The molecule has 134 valence electrons. The number of nitrogens with zero attached hydrogens (tertiary/aromatic N) is 2. The first-order chi connectivity index (χ1) is 12.8. The maximum absolute atomic E-state index is 6.03. The number of rotatable bonds is 5. The van der Waals surface area contributed by atoms with Crippen LogP contribution in [0.4, 0.5) is 5.69 Å². The van der Waals surface area contributed by atoms with Gasteiger partial charge in [-0.3, -0.25) is 0 Å². The van der Waals surface area contributed by atoms with E-state index in [-0.39, 0.29) is 6.23 Å². The van der Waals surface area contributed by atoms with Crippen LogP contribution in [0.25, 0.3) is 5.69 Å². The van der Waals surface area contributed by atoms with Crippen LogP contribution in [0.2, 0.25) is 0 Å². The average molecular weight is 350 g/mol. The van der Waals surface area contributed by atoms with Gasteiger partial charge in [-0.15, -0.1) is 0 Å². The van der Waals surface area contributed by atoms with Gasteiger partial charge in [0.15, 0.2) is 6.23 Å². The number of methoxy groups -OCH3 is 2. The highest BCUT2D eigenvalue weighted by Gasteiger charge is 2.29. The van der Waals surface area contributed by atoms with E-state index in [0.717, 1.165) is 35.0 Å². The van der Waals surface area contributed by atoms with E-state index in [1.165, 1.54) is 0 Å². The summed E-state index contributed by atoms with van der Waals surface area (Å²) in [6, 6.07) is 18.2. The summed E-state index contributed by atoms with van der Waals surface area (Å²) in [4.78, 5) is 2.24. The van der Waals surface area contributed by atoms with Gasteiger partial charge in [-0.05, 0) is 42.5 Å². The van der Waals surface area contributed by atoms with Gasteiger partial charge in [0.1, 0.15) is 11.5 Å². The summed E-state index contributed by atoms with van der Waals surface area (Å²) >= 11 is 0. The maximum Gasteiger partial charge on any atom is 0.158 e. The van der Waals surface area contributed by atoms with Crippen LogP contribution in [0.3, 0.4) is 0 Å². The van der Waals surface area contributed by atoms with Crippen molar-refractivity contribution in [2.45, 2.75) is 6.23 Å². The average Bonchev–Trinajstić information content (AvgIpc) is 3.37. The molecule has 0 N–H and O–H groups in total. The summed E-state index contributed by atoms with van der Waals surface area (Å²) < 4.78 is 18.9. The molecule has 0 bridgehead atoms. The minimum atomic E-state index is -0.120. The Kier molecular flexibility index (Phi) is 4.54. The Morgan fingerprint density at radius 1 is 0.962 bits per heavy atom. The fourth-order valence-corrected chi connectivity index (χ4v) is 3.33. The predicted octanol–water partition coefficient (Wildman–Crippen LogP) is 4.03. The first-order valence-corrected chi connectivity index (χ1v) is 8.64. The molecule has 2 heterocycles. The number of aromatic nitrogens is 1. The Labute approximate surface area is 153 Å². The molecule has 1 atom stereocenters. The van der Waals surface area contributed by atoms with Gasteiger partial charge in [-0.1, -0.05) is 12.1 Å². The maximum atomic E-state index is 6.03. The Bertz CT molecular complexity index is 873. The number of benzene rings is 2. The molecule has 1 saturated heterocycles. The van der Waals surface area contributed by atoms with Crippen molar-refractivity contribution in [1.82, 2.24) is 4.57 Å². The predicted molar refractivity (Wildman–Crippen MR) is 101 cm³/mol. The summed E-state index contributed by atoms with van der Waals surface area (Å²) in [7, 11) is 3.37. The van der Waals surface area contributed by atoms with Gasteiger partial charge in [0.25, 0.3) is 0 Å². The zero-order valence-corrected chi connectivity index (χ0v) is 15.0. The molecule has 1 aliphatic heterocycles. The van der Waals surface area contributed by atoms with Crippen molar-refractivity contribution in [3.05, 3.63) is 72.6 Å². The molecule has 1 aliphatic rings. The van der Waals surface area contributed by atoms with Crippen LogP contribution >= 0.6 is 0 Å². The number of para-hydroxylation sites is 2. The molecule has 4 rings (SSSR count). The molecule has 0 radical (unpaired) electrons. The van der Waals surface area contributed by atoms with Gasteiger partial charge in [0, 0.05) is 30.2 Å². The van der Waals surface area contributed by atoms with Crippen LogP contribution in [-0.4, -0.2) is 31.9 Å². The molecule has 0 aliphatic carbocycles. The van der Waals surface area contributed by atoms with E-state index < -0.39 is 0 Å². The largest absolute Gasteiger partial charge is 0.497 e. The number of anilines is 1. The minimum Gasteiger partial charge on any atom is -0.497 e. The molecule has 1 aromatic heterocycles. The van der Waals surface area contributed by atoms with Gasteiger partial charge in [-0.2, -0.15) is 0 Å². The highest BCUT2D eigenvalue weighted by molar-refractivity contribution is 5.60. The second kappa shape index (κ2) is 7.14. The van der Waals surface area contributed by atoms with E-state index in [4.69, 9.17) is 14.2 Å².